The van der Waals surface area contributed by atoms with Gasteiger partial charge in [-0.3, -0.25) is 4.90 Å². The van der Waals surface area contributed by atoms with E-state index in [1.807, 2.05) is 0 Å². The Morgan fingerprint density at radius 1 is 1.24 bits per heavy atom. The summed E-state index contributed by atoms with van der Waals surface area (Å²) in [6.45, 7) is 12.9. The van der Waals surface area contributed by atoms with Gasteiger partial charge < -0.3 is 10.1 Å². The number of rotatable bonds is 7. The van der Waals surface area contributed by atoms with E-state index in [4.69, 9.17) is 4.74 Å². The number of nitrogens with zero attached hydrogens (tertiary/aromatic N) is 1. The van der Waals surface area contributed by atoms with Crippen molar-refractivity contribution < 1.29 is 4.74 Å². The van der Waals surface area contributed by atoms with Gasteiger partial charge in [-0.05, 0) is 50.9 Å². The maximum absolute atomic E-state index is 5.88. The highest BCUT2D eigenvalue weighted by molar-refractivity contribution is 5.27. The molecule has 2 rings (SSSR count). The molecule has 0 bridgehead atoms. The molecule has 1 aliphatic heterocycles. The van der Waals surface area contributed by atoms with E-state index in [0.717, 1.165) is 25.4 Å². The van der Waals surface area contributed by atoms with Gasteiger partial charge in [0.25, 0.3) is 0 Å². The summed E-state index contributed by atoms with van der Waals surface area (Å²) < 4.78 is 5.88. The van der Waals surface area contributed by atoms with Gasteiger partial charge in [-0.2, -0.15) is 0 Å². The van der Waals surface area contributed by atoms with Crippen molar-refractivity contribution in [2.24, 2.45) is 0 Å². The first-order valence-corrected chi connectivity index (χ1v) is 8.17. The minimum absolute atomic E-state index is 0.343. The van der Waals surface area contributed by atoms with Crippen molar-refractivity contribution >= 4 is 0 Å². The lowest BCUT2D eigenvalue weighted by Gasteiger charge is -2.31. The smallest absolute Gasteiger partial charge is 0.119 e. The van der Waals surface area contributed by atoms with Gasteiger partial charge in [-0.15, -0.1) is 0 Å². The van der Waals surface area contributed by atoms with E-state index >= 15 is 0 Å². The van der Waals surface area contributed by atoms with Gasteiger partial charge in [0.15, 0.2) is 0 Å². The van der Waals surface area contributed by atoms with Crippen molar-refractivity contribution in [3.8, 4) is 5.75 Å². The molecule has 3 nitrogen and oxygen atoms in total. The molecule has 0 radical (unpaired) electrons. The zero-order chi connectivity index (χ0) is 15.3. The number of hydrogen-bond acceptors (Lipinski definition) is 3. The first-order valence-electron chi connectivity index (χ1n) is 8.17. The summed E-state index contributed by atoms with van der Waals surface area (Å²) >= 11 is 0. The first kappa shape index (κ1) is 16.3. The quantitative estimate of drug-likeness (QED) is 0.832. The Labute approximate surface area is 129 Å². The lowest BCUT2D eigenvalue weighted by molar-refractivity contribution is 0.143. The van der Waals surface area contributed by atoms with Crippen molar-refractivity contribution in [2.45, 2.75) is 58.7 Å². The topological polar surface area (TPSA) is 24.5 Å². The van der Waals surface area contributed by atoms with Crippen molar-refractivity contribution in [2.75, 3.05) is 19.7 Å². The van der Waals surface area contributed by atoms with Crippen molar-refractivity contribution in [1.82, 2.24) is 10.2 Å². The van der Waals surface area contributed by atoms with Gasteiger partial charge in [-0.1, -0.05) is 26.0 Å². The van der Waals surface area contributed by atoms with Crippen LogP contribution in [-0.4, -0.2) is 36.2 Å². The molecule has 0 atom stereocenters. The monoisotopic (exact) mass is 290 g/mol. The van der Waals surface area contributed by atoms with Gasteiger partial charge in [0.1, 0.15) is 12.4 Å². The maximum atomic E-state index is 5.88. The molecule has 1 aromatic carbocycles. The Bertz CT molecular complexity index is 425. The summed E-state index contributed by atoms with van der Waals surface area (Å²) in [6.07, 6.45) is 2.61. The summed E-state index contributed by atoms with van der Waals surface area (Å²) in [7, 11) is 0. The maximum Gasteiger partial charge on any atom is 0.119 e. The molecule has 1 heterocycles. The normalized spacial score (nSPS) is 18.3. The summed E-state index contributed by atoms with van der Waals surface area (Å²) in [5, 5.41) is 3.42. The standard InChI is InChI=1S/C18H30N2O/c1-15(2)19-14-16-6-8-17(9-7-16)21-13-12-20-11-5-10-18(20,3)4/h6-9,15,19H,5,10-14H2,1-4H3. The fourth-order valence-corrected chi connectivity index (χ4v) is 2.88. The van der Waals surface area contributed by atoms with E-state index in [0.29, 0.717) is 11.6 Å². The fraction of sp³-hybridized carbons (Fsp3) is 0.667. The van der Waals surface area contributed by atoms with E-state index in [1.54, 1.807) is 0 Å². The molecule has 0 aromatic heterocycles. The number of nitrogens with one attached hydrogen (secondary N) is 1. The Morgan fingerprint density at radius 3 is 2.52 bits per heavy atom. The lowest BCUT2D eigenvalue weighted by atomic mass is 10.0. The third kappa shape index (κ3) is 5.01. The molecule has 1 N–H and O–H groups in total. The predicted octanol–water partition coefficient (Wildman–Crippen LogP) is 3.44. The van der Waals surface area contributed by atoms with Crippen LogP contribution >= 0.6 is 0 Å². The van der Waals surface area contributed by atoms with Gasteiger partial charge in [0.2, 0.25) is 0 Å². The predicted molar refractivity (Wildman–Crippen MR) is 88.8 cm³/mol. The second-order valence-electron chi connectivity index (χ2n) is 6.93. The van der Waals surface area contributed by atoms with Crippen LogP contribution < -0.4 is 10.1 Å². The second kappa shape index (κ2) is 7.28. The summed E-state index contributed by atoms with van der Waals surface area (Å²) in [6, 6.07) is 8.96. The Balaban J connectivity index is 1.73. The molecule has 0 saturated carbocycles. The van der Waals surface area contributed by atoms with Gasteiger partial charge in [0.05, 0.1) is 0 Å². The number of likely N-dealkylation sites (tertiary alicyclic amines) is 1. The molecular weight excluding hydrogens is 260 g/mol. The third-order valence-corrected chi connectivity index (χ3v) is 4.34. The third-order valence-electron chi connectivity index (χ3n) is 4.34. The SMILES string of the molecule is CC(C)NCc1ccc(OCCN2CCCC2(C)C)cc1. The van der Waals surface area contributed by atoms with E-state index in [-0.39, 0.29) is 0 Å². The minimum Gasteiger partial charge on any atom is -0.492 e. The highest BCUT2D eigenvalue weighted by Crippen LogP contribution is 2.27. The molecule has 1 aromatic rings. The molecule has 3 heteroatoms. The van der Waals surface area contributed by atoms with Crippen LogP contribution in [0.15, 0.2) is 24.3 Å². The molecule has 0 amide bonds. The molecule has 0 spiro atoms. The van der Waals surface area contributed by atoms with Gasteiger partial charge in [-0.25, -0.2) is 0 Å². The van der Waals surface area contributed by atoms with Crippen molar-refractivity contribution in [1.29, 1.82) is 0 Å². The van der Waals surface area contributed by atoms with E-state index in [2.05, 4.69) is 62.2 Å². The zero-order valence-corrected chi connectivity index (χ0v) is 14.0. The molecular formula is C18H30N2O. The van der Waals surface area contributed by atoms with Gasteiger partial charge >= 0.3 is 0 Å². The fourth-order valence-electron chi connectivity index (χ4n) is 2.88. The van der Waals surface area contributed by atoms with E-state index in [9.17, 15) is 0 Å². The van der Waals surface area contributed by atoms with Crippen LogP contribution in [0.4, 0.5) is 0 Å². The molecule has 0 aliphatic carbocycles. The van der Waals surface area contributed by atoms with Crippen LogP contribution in [0.1, 0.15) is 46.1 Å². The van der Waals surface area contributed by atoms with Crippen molar-refractivity contribution in [3.63, 3.8) is 0 Å². The number of hydrogen-bond donors (Lipinski definition) is 1. The summed E-state index contributed by atoms with van der Waals surface area (Å²) in [5.41, 5.74) is 1.65. The zero-order valence-electron chi connectivity index (χ0n) is 14.0. The highest BCUT2D eigenvalue weighted by atomic mass is 16.5. The Hall–Kier alpha value is -1.06. The Kier molecular flexibility index (Phi) is 5.65. The summed E-state index contributed by atoms with van der Waals surface area (Å²) in [5.74, 6) is 0.973. The van der Waals surface area contributed by atoms with E-state index < -0.39 is 0 Å². The summed E-state index contributed by atoms with van der Waals surface area (Å²) in [4.78, 5) is 2.54. The van der Waals surface area contributed by atoms with Crippen LogP contribution in [0.3, 0.4) is 0 Å². The van der Waals surface area contributed by atoms with Gasteiger partial charge in [0, 0.05) is 24.7 Å². The molecule has 1 aliphatic rings. The van der Waals surface area contributed by atoms with Crippen LogP contribution in [0.2, 0.25) is 0 Å². The molecule has 1 saturated heterocycles. The minimum atomic E-state index is 0.343. The number of benzene rings is 1. The largest absolute Gasteiger partial charge is 0.492 e. The second-order valence-corrected chi connectivity index (χ2v) is 6.93. The van der Waals surface area contributed by atoms with Crippen LogP contribution in [0.25, 0.3) is 0 Å². The van der Waals surface area contributed by atoms with Crippen LogP contribution in [0, 0.1) is 0 Å². The molecule has 118 valence electrons. The Morgan fingerprint density at radius 2 is 1.95 bits per heavy atom. The van der Waals surface area contributed by atoms with Crippen molar-refractivity contribution in [3.05, 3.63) is 29.8 Å². The highest BCUT2D eigenvalue weighted by Gasteiger charge is 2.31. The molecule has 0 unspecified atom stereocenters. The average molecular weight is 290 g/mol. The van der Waals surface area contributed by atoms with Crippen LogP contribution in [0.5, 0.6) is 5.75 Å². The average Bonchev–Trinajstić information content (AvgIpc) is 2.77. The first-order chi connectivity index (χ1) is 9.97. The van der Waals surface area contributed by atoms with E-state index in [1.165, 1.54) is 24.9 Å². The molecule has 1 fully saturated rings. The molecule has 21 heavy (non-hydrogen) atoms. The van der Waals surface area contributed by atoms with Crippen LogP contribution in [-0.2, 0) is 6.54 Å². The lowest BCUT2D eigenvalue weighted by Crippen LogP contribution is -2.40. The number of ether oxygens (including phenoxy) is 1.